The van der Waals surface area contributed by atoms with E-state index >= 15 is 0 Å². The van der Waals surface area contributed by atoms with Crippen LogP contribution in [0.5, 0.6) is 0 Å². The summed E-state index contributed by atoms with van der Waals surface area (Å²) in [4.78, 5) is 0. The van der Waals surface area contributed by atoms with Crippen molar-refractivity contribution in [2.45, 2.75) is 76.7 Å². The third kappa shape index (κ3) is 2.53. The molecule has 3 fully saturated rings. The van der Waals surface area contributed by atoms with Crippen molar-refractivity contribution in [1.82, 2.24) is 0 Å². The molecule has 6 atom stereocenters. The Morgan fingerprint density at radius 1 is 1.32 bits per heavy atom. The van der Waals surface area contributed by atoms with Crippen LogP contribution in [0, 0.1) is 11.3 Å². The van der Waals surface area contributed by atoms with Gasteiger partial charge in [0.25, 0.3) is 0 Å². The van der Waals surface area contributed by atoms with Crippen molar-refractivity contribution < 1.29 is 36.2 Å². The number of alkyl halides is 2. The molecule has 4 nitrogen and oxygen atoms in total. The second-order valence-corrected chi connectivity index (χ2v) is 9.81. The molecule has 5 heteroatoms. The van der Waals surface area contributed by atoms with E-state index in [-0.39, 0.29) is 32.9 Å². The number of nitrogens with zero attached hydrogens (tertiary/aromatic N) is 1. The molecule has 0 aromatic heterocycles. The summed E-state index contributed by atoms with van der Waals surface area (Å²) >= 11 is -0.0901. The zero-order valence-electron chi connectivity index (χ0n) is 11.0. The summed E-state index contributed by atoms with van der Waals surface area (Å²) in [7, 11) is 0. The summed E-state index contributed by atoms with van der Waals surface area (Å²) in [5, 5.41) is 28.8. The van der Waals surface area contributed by atoms with Gasteiger partial charge in [0.2, 0.25) is 0 Å². The standard InChI is InChI=1S/C14H21INO3/c16-7-1-2-9-3-4-12-14(19-9)6-5-11(17)13(18)10(8-14)15-12/h9-13,17-18H,1-6,8H2/q-1/t9?,10-,11-,12+,13+,14?/m1/s1. The number of halogens is 1. The molecule has 2 aliphatic heterocycles. The van der Waals surface area contributed by atoms with Gasteiger partial charge in [0.1, 0.15) is 0 Å². The van der Waals surface area contributed by atoms with E-state index in [2.05, 4.69) is 6.07 Å². The molecule has 2 N–H and O–H groups in total. The second kappa shape index (κ2) is 5.47. The van der Waals surface area contributed by atoms with E-state index < -0.39 is 12.2 Å². The number of ether oxygens (including phenoxy) is 1. The van der Waals surface area contributed by atoms with Gasteiger partial charge in [-0.25, -0.2) is 0 Å². The van der Waals surface area contributed by atoms with Crippen LogP contribution in [0.4, 0.5) is 0 Å². The zero-order valence-corrected chi connectivity index (χ0v) is 13.1. The number of fused-ring (bicyclic) bond motifs is 1. The van der Waals surface area contributed by atoms with Gasteiger partial charge in [-0.2, -0.15) is 0 Å². The first-order chi connectivity index (χ1) is 9.14. The number of hydrogen-bond acceptors (Lipinski definition) is 4. The SMILES string of the molecule is N#CCCC1CC[C@@H]2[I-][C@@H]3CC2(CC[C@@H](O)[C@H]3O)O1. The minimum absolute atomic E-state index is 0.0746. The van der Waals surface area contributed by atoms with Gasteiger partial charge >= 0.3 is 124 Å². The van der Waals surface area contributed by atoms with Crippen LogP contribution in [0.1, 0.15) is 44.9 Å². The fraction of sp³-hybridized carbons (Fsp3) is 0.929. The van der Waals surface area contributed by atoms with Crippen LogP contribution in [0.25, 0.3) is 0 Å². The summed E-state index contributed by atoms with van der Waals surface area (Å²) in [5.41, 5.74) is -0.0746. The average molecular weight is 378 g/mol. The first-order valence-electron chi connectivity index (χ1n) is 7.17. The normalized spacial score (nSPS) is 49.6. The maximum absolute atomic E-state index is 10.2. The molecule has 2 heterocycles. The number of hydrogen-bond donors (Lipinski definition) is 2. The Kier molecular flexibility index (Phi) is 4.05. The second-order valence-electron chi connectivity index (χ2n) is 5.99. The van der Waals surface area contributed by atoms with Crippen LogP contribution in [0.15, 0.2) is 0 Å². The van der Waals surface area contributed by atoms with Crippen LogP contribution in [-0.2, 0) is 4.74 Å². The molecule has 19 heavy (non-hydrogen) atoms. The van der Waals surface area contributed by atoms with Crippen molar-refractivity contribution in [2.24, 2.45) is 0 Å². The Labute approximate surface area is 124 Å². The Morgan fingerprint density at radius 3 is 2.95 bits per heavy atom. The molecular weight excluding hydrogens is 357 g/mol. The van der Waals surface area contributed by atoms with Crippen LogP contribution in [-0.4, -0.2) is 42.0 Å². The van der Waals surface area contributed by atoms with Crippen molar-refractivity contribution in [1.29, 1.82) is 5.26 Å². The Hall–Kier alpha value is 0.1000. The van der Waals surface area contributed by atoms with E-state index in [1.165, 1.54) is 6.42 Å². The summed E-state index contributed by atoms with van der Waals surface area (Å²) < 4.78 is 7.35. The van der Waals surface area contributed by atoms with Crippen LogP contribution in [0.2, 0.25) is 0 Å². The van der Waals surface area contributed by atoms with Crippen molar-refractivity contribution in [3.05, 3.63) is 0 Å². The predicted octanol–water partition coefficient (Wildman–Crippen LogP) is -2.05. The number of aliphatic hydroxyl groups is 2. The molecule has 2 unspecified atom stereocenters. The van der Waals surface area contributed by atoms with Gasteiger partial charge < -0.3 is 0 Å². The molecular formula is C14H21INO3-. The van der Waals surface area contributed by atoms with Crippen LogP contribution >= 0.6 is 0 Å². The summed E-state index contributed by atoms with van der Waals surface area (Å²) in [6.07, 6.45) is 5.26. The van der Waals surface area contributed by atoms with Gasteiger partial charge in [0.05, 0.1) is 0 Å². The fourth-order valence-electron chi connectivity index (χ4n) is 3.73. The summed E-state index contributed by atoms with van der Waals surface area (Å²) in [5.74, 6) is 0. The molecule has 0 aromatic carbocycles. The molecule has 1 saturated carbocycles. The Balaban J connectivity index is 1.74. The number of nitriles is 1. The quantitative estimate of drug-likeness (QED) is 0.429. The molecule has 2 saturated heterocycles. The van der Waals surface area contributed by atoms with Crippen LogP contribution in [0.3, 0.4) is 0 Å². The van der Waals surface area contributed by atoms with E-state index in [1.807, 2.05) is 0 Å². The molecule has 1 spiro atoms. The third-order valence-corrected chi connectivity index (χ3v) is 9.50. The molecule has 0 radical (unpaired) electrons. The van der Waals surface area contributed by atoms with Gasteiger partial charge in [-0.3, -0.25) is 0 Å². The monoisotopic (exact) mass is 378 g/mol. The average Bonchev–Trinajstić information content (AvgIpc) is 2.75. The van der Waals surface area contributed by atoms with Gasteiger partial charge in [-0.15, -0.1) is 0 Å². The number of rotatable bonds is 2. The topological polar surface area (TPSA) is 73.5 Å². The van der Waals surface area contributed by atoms with E-state index in [0.717, 1.165) is 25.7 Å². The first-order valence-corrected chi connectivity index (χ1v) is 9.66. The van der Waals surface area contributed by atoms with E-state index in [9.17, 15) is 10.2 Å². The summed E-state index contributed by atoms with van der Waals surface area (Å²) in [6.45, 7) is 0. The molecule has 108 valence electrons. The molecule has 0 amide bonds. The van der Waals surface area contributed by atoms with Crippen molar-refractivity contribution in [3.63, 3.8) is 0 Å². The van der Waals surface area contributed by atoms with Crippen LogP contribution < -0.4 is 21.2 Å². The van der Waals surface area contributed by atoms with Crippen molar-refractivity contribution in [3.8, 4) is 6.07 Å². The van der Waals surface area contributed by atoms with Gasteiger partial charge in [-0.1, -0.05) is 0 Å². The van der Waals surface area contributed by atoms with Gasteiger partial charge in [0, 0.05) is 0 Å². The van der Waals surface area contributed by atoms with Crippen molar-refractivity contribution in [2.75, 3.05) is 0 Å². The van der Waals surface area contributed by atoms with E-state index in [1.54, 1.807) is 0 Å². The molecule has 3 rings (SSSR count). The molecule has 2 bridgehead atoms. The third-order valence-electron chi connectivity index (χ3n) is 4.77. The minimum atomic E-state index is -0.562. The summed E-state index contributed by atoms with van der Waals surface area (Å²) in [6, 6.07) is 2.20. The fourth-order valence-corrected chi connectivity index (χ4v) is 8.84. The first kappa shape index (κ1) is 14.1. The van der Waals surface area contributed by atoms with E-state index in [4.69, 9.17) is 10.00 Å². The Bertz CT molecular complexity index is 385. The molecule has 3 aliphatic rings. The van der Waals surface area contributed by atoms with E-state index in [0.29, 0.717) is 20.7 Å². The Morgan fingerprint density at radius 2 is 2.16 bits per heavy atom. The van der Waals surface area contributed by atoms with Gasteiger partial charge in [-0.05, 0) is 0 Å². The number of aliphatic hydroxyl groups excluding tert-OH is 2. The van der Waals surface area contributed by atoms with Gasteiger partial charge in [0.15, 0.2) is 0 Å². The molecule has 0 aromatic rings. The zero-order chi connectivity index (χ0) is 13.5. The van der Waals surface area contributed by atoms with Crippen molar-refractivity contribution >= 4 is 0 Å². The maximum atomic E-state index is 10.2. The molecule has 1 aliphatic carbocycles. The predicted molar refractivity (Wildman–Crippen MR) is 65.1 cm³/mol.